The second kappa shape index (κ2) is 7.57. The zero-order chi connectivity index (χ0) is 18.0. The third kappa shape index (κ3) is 3.60. The van der Waals surface area contributed by atoms with Crippen molar-refractivity contribution in [1.29, 1.82) is 0 Å². The van der Waals surface area contributed by atoms with Crippen molar-refractivity contribution in [2.75, 3.05) is 65.6 Å². The van der Waals surface area contributed by atoms with Crippen molar-refractivity contribution < 1.29 is 17.8 Å². The van der Waals surface area contributed by atoms with Crippen LogP contribution in [0.3, 0.4) is 0 Å². The summed E-state index contributed by atoms with van der Waals surface area (Å²) in [6.45, 7) is 7.93. The summed E-state index contributed by atoms with van der Waals surface area (Å²) < 4.78 is 37.6. The van der Waals surface area contributed by atoms with Crippen molar-refractivity contribution in [2.45, 2.75) is 4.90 Å². The van der Waals surface area contributed by atoms with E-state index in [0.717, 1.165) is 52.5 Å². The molecule has 0 radical (unpaired) electrons. The van der Waals surface area contributed by atoms with Gasteiger partial charge in [0, 0.05) is 52.4 Å². The van der Waals surface area contributed by atoms with E-state index in [4.69, 9.17) is 4.74 Å². The summed E-state index contributed by atoms with van der Waals surface area (Å²) in [5.74, 6) is 0. The Bertz CT molecular complexity index is 841. The second-order valence-corrected chi connectivity index (χ2v) is 8.49. The molecule has 4 rings (SSSR count). The van der Waals surface area contributed by atoms with Crippen LogP contribution in [0.1, 0.15) is 0 Å². The third-order valence-corrected chi connectivity index (χ3v) is 6.96. The van der Waals surface area contributed by atoms with Gasteiger partial charge in [-0.1, -0.05) is 6.07 Å². The van der Waals surface area contributed by atoms with Gasteiger partial charge in [0.25, 0.3) is 0 Å². The predicted octanol–water partition coefficient (Wildman–Crippen LogP) is -0.139. The fourth-order valence-corrected chi connectivity index (χ4v) is 4.99. The van der Waals surface area contributed by atoms with Gasteiger partial charge in [-0.15, -0.1) is 0 Å². The third-order valence-electron chi connectivity index (χ3n) is 5.03. The van der Waals surface area contributed by atoms with Crippen molar-refractivity contribution in [3.05, 3.63) is 18.2 Å². The molecule has 1 aromatic heterocycles. The molecule has 0 atom stereocenters. The number of sulfonamides is 1. The highest BCUT2D eigenvalue weighted by Crippen LogP contribution is 2.24. The number of fused-ring (bicyclic) bond motifs is 1. The van der Waals surface area contributed by atoms with Gasteiger partial charge in [-0.2, -0.15) is 4.31 Å². The van der Waals surface area contributed by atoms with Gasteiger partial charge in [-0.05, 0) is 22.4 Å². The number of morpholine rings is 1. The largest absolute Gasteiger partial charge is 0.379 e. The first kappa shape index (κ1) is 17.8. The van der Waals surface area contributed by atoms with Crippen LogP contribution in [0.5, 0.6) is 0 Å². The van der Waals surface area contributed by atoms with E-state index in [1.807, 2.05) is 0 Å². The lowest BCUT2D eigenvalue weighted by atomic mass is 10.3. The highest BCUT2D eigenvalue weighted by molar-refractivity contribution is 7.89. The van der Waals surface area contributed by atoms with Crippen molar-refractivity contribution in [1.82, 2.24) is 24.4 Å². The lowest BCUT2D eigenvalue weighted by Crippen LogP contribution is -2.50. The van der Waals surface area contributed by atoms with Gasteiger partial charge >= 0.3 is 0 Å². The summed E-state index contributed by atoms with van der Waals surface area (Å²) in [6, 6.07) is 4.92. The van der Waals surface area contributed by atoms with Gasteiger partial charge in [0.1, 0.15) is 10.4 Å². The first-order valence-corrected chi connectivity index (χ1v) is 10.3. The fourth-order valence-electron chi connectivity index (χ4n) is 3.43. The highest BCUT2D eigenvalue weighted by Gasteiger charge is 2.31. The van der Waals surface area contributed by atoms with Crippen LogP contribution in [0.15, 0.2) is 27.7 Å². The normalized spacial score (nSPS) is 21.4. The average molecular weight is 381 g/mol. The van der Waals surface area contributed by atoms with Gasteiger partial charge in [-0.25, -0.2) is 13.0 Å². The van der Waals surface area contributed by atoms with Crippen molar-refractivity contribution >= 4 is 21.1 Å². The summed E-state index contributed by atoms with van der Waals surface area (Å²) in [4.78, 5) is 4.88. The summed E-state index contributed by atoms with van der Waals surface area (Å²) in [5.41, 5.74) is 0.748. The fraction of sp³-hybridized carbons (Fsp3) is 0.625. The summed E-state index contributed by atoms with van der Waals surface area (Å²) >= 11 is 0. The molecule has 0 N–H and O–H groups in total. The molecule has 1 aromatic carbocycles. The molecule has 142 valence electrons. The summed E-state index contributed by atoms with van der Waals surface area (Å²) in [6.07, 6.45) is 0. The van der Waals surface area contributed by atoms with Gasteiger partial charge < -0.3 is 4.74 Å². The molecule has 2 aliphatic rings. The number of piperazine rings is 1. The minimum atomic E-state index is -3.60. The van der Waals surface area contributed by atoms with Crippen LogP contribution in [0.4, 0.5) is 0 Å². The van der Waals surface area contributed by atoms with Crippen molar-refractivity contribution in [2.24, 2.45) is 0 Å². The Morgan fingerprint density at radius 3 is 2.35 bits per heavy atom. The zero-order valence-corrected chi connectivity index (χ0v) is 15.4. The van der Waals surface area contributed by atoms with Crippen LogP contribution < -0.4 is 0 Å². The highest BCUT2D eigenvalue weighted by atomic mass is 32.2. The van der Waals surface area contributed by atoms with Crippen LogP contribution in [0, 0.1) is 0 Å². The van der Waals surface area contributed by atoms with E-state index in [2.05, 4.69) is 24.7 Å². The molecule has 9 nitrogen and oxygen atoms in total. The van der Waals surface area contributed by atoms with Crippen LogP contribution >= 0.6 is 0 Å². The molecule has 26 heavy (non-hydrogen) atoms. The van der Waals surface area contributed by atoms with Crippen molar-refractivity contribution in [3.63, 3.8) is 0 Å². The number of hydrogen-bond donors (Lipinski definition) is 0. The van der Waals surface area contributed by atoms with Gasteiger partial charge in [0.05, 0.1) is 13.2 Å². The Kier molecular flexibility index (Phi) is 5.18. The monoisotopic (exact) mass is 381 g/mol. The van der Waals surface area contributed by atoms with Gasteiger partial charge in [0.15, 0.2) is 5.52 Å². The van der Waals surface area contributed by atoms with Crippen molar-refractivity contribution in [3.8, 4) is 0 Å². The Hall–Kier alpha value is -1.59. The Labute approximate surface area is 152 Å². The first-order chi connectivity index (χ1) is 12.6. The molecule has 0 bridgehead atoms. The molecule has 0 spiro atoms. The Morgan fingerprint density at radius 1 is 0.923 bits per heavy atom. The maximum absolute atomic E-state index is 13.0. The number of rotatable bonds is 5. The maximum Gasteiger partial charge on any atom is 0.245 e. The van der Waals surface area contributed by atoms with E-state index in [1.54, 1.807) is 18.2 Å². The molecule has 10 heteroatoms. The number of aromatic nitrogens is 2. The van der Waals surface area contributed by atoms with E-state index < -0.39 is 10.0 Å². The predicted molar refractivity (Wildman–Crippen MR) is 94.3 cm³/mol. The van der Waals surface area contributed by atoms with Gasteiger partial charge in [-0.3, -0.25) is 9.80 Å². The van der Waals surface area contributed by atoms with Crippen LogP contribution in [0.25, 0.3) is 11.0 Å². The number of hydrogen-bond acceptors (Lipinski definition) is 8. The molecule has 3 heterocycles. The molecular weight excluding hydrogens is 358 g/mol. The Morgan fingerprint density at radius 2 is 1.62 bits per heavy atom. The maximum atomic E-state index is 13.0. The van der Waals surface area contributed by atoms with Crippen LogP contribution in [-0.4, -0.2) is 98.4 Å². The van der Waals surface area contributed by atoms with Crippen LogP contribution in [0.2, 0.25) is 0 Å². The molecule has 2 saturated heterocycles. The first-order valence-electron chi connectivity index (χ1n) is 8.88. The van der Waals surface area contributed by atoms with Gasteiger partial charge in [0.2, 0.25) is 10.0 Å². The second-order valence-electron chi connectivity index (χ2n) is 6.59. The molecule has 0 amide bonds. The Balaban J connectivity index is 1.37. The molecule has 0 unspecified atom stereocenters. The number of ether oxygens (including phenoxy) is 1. The van der Waals surface area contributed by atoms with Crippen LogP contribution in [-0.2, 0) is 14.8 Å². The number of benzene rings is 1. The quantitative estimate of drug-likeness (QED) is 0.707. The summed E-state index contributed by atoms with van der Waals surface area (Å²) in [5, 5.41) is 7.49. The molecule has 2 aromatic rings. The molecular formula is C16H23N5O4S. The standard InChI is InChI=1S/C16H23N5O4S/c22-26(23,15-3-1-2-14-16(15)18-25-17-14)21-8-6-19(7-9-21)4-5-20-10-12-24-13-11-20/h1-3H,4-13H2. The van der Waals surface area contributed by atoms with E-state index in [9.17, 15) is 8.42 Å². The molecule has 0 aliphatic carbocycles. The topological polar surface area (TPSA) is 92.0 Å². The molecule has 0 saturated carbocycles. The average Bonchev–Trinajstić information content (AvgIpc) is 3.16. The molecule has 2 aliphatic heterocycles. The lowest BCUT2D eigenvalue weighted by Gasteiger charge is -2.35. The SMILES string of the molecule is O=S(=O)(c1cccc2nonc12)N1CCN(CCN2CCOCC2)CC1. The number of nitrogens with zero attached hydrogens (tertiary/aromatic N) is 5. The zero-order valence-electron chi connectivity index (χ0n) is 14.6. The molecule has 2 fully saturated rings. The minimum absolute atomic E-state index is 0.165. The van der Waals surface area contributed by atoms with E-state index >= 15 is 0 Å². The minimum Gasteiger partial charge on any atom is -0.379 e. The summed E-state index contributed by atoms with van der Waals surface area (Å²) in [7, 11) is -3.60. The van der Waals surface area contributed by atoms with E-state index in [-0.39, 0.29) is 4.90 Å². The lowest BCUT2D eigenvalue weighted by molar-refractivity contribution is 0.0317. The smallest absolute Gasteiger partial charge is 0.245 e. The van der Waals surface area contributed by atoms with E-state index in [1.165, 1.54) is 4.31 Å². The van der Waals surface area contributed by atoms with E-state index in [0.29, 0.717) is 24.1 Å².